The fourth-order valence-electron chi connectivity index (χ4n) is 2.56. The smallest absolute Gasteiger partial charge is 0.335 e. The van der Waals surface area contributed by atoms with E-state index < -0.39 is 5.97 Å². The lowest BCUT2D eigenvalue weighted by Crippen LogP contribution is -2.20. The average molecular weight is 258 g/mol. The highest BCUT2D eigenvalue weighted by atomic mass is 16.4. The van der Waals surface area contributed by atoms with E-state index in [9.17, 15) is 4.79 Å². The maximum atomic E-state index is 11.0. The summed E-state index contributed by atoms with van der Waals surface area (Å²) >= 11 is 0. The van der Waals surface area contributed by atoms with E-state index in [2.05, 4.69) is 10.1 Å². The minimum atomic E-state index is -0.920. The van der Waals surface area contributed by atoms with Crippen molar-refractivity contribution in [1.82, 2.24) is 14.8 Å². The Morgan fingerprint density at radius 3 is 3.11 bits per heavy atom. The van der Waals surface area contributed by atoms with E-state index in [1.54, 1.807) is 18.2 Å². The maximum Gasteiger partial charge on any atom is 0.335 e. The minimum absolute atomic E-state index is 0.0212. The third-order valence-electron chi connectivity index (χ3n) is 3.41. The molecule has 1 aromatic carbocycles. The summed E-state index contributed by atoms with van der Waals surface area (Å²) in [4.78, 5) is 15.2. The molecule has 1 aliphatic heterocycles. The molecular weight excluding hydrogens is 244 g/mol. The van der Waals surface area contributed by atoms with E-state index in [0.717, 1.165) is 30.7 Å². The summed E-state index contributed by atoms with van der Waals surface area (Å²) in [6, 6.07) is 6.98. The van der Waals surface area contributed by atoms with Crippen molar-refractivity contribution in [1.29, 1.82) is 0 Å². The number of hydrogen-bond donors (Lipinski definition) is 2. The number of carboxylic acid groups (broad SMARTS) is 1. The van der Waals surface area contributed by atoms with E-state index in [-0.39, 0.29) is 17.6 Å². The molecular formula is C13H14N4O2. The van der Waals surface area contributed by atoms with Gasteiger partial charge in [-0.2, -0.15) is 4.98 Å². The lowest BCUT2D eigenvalue weighted by molar-refractivity contribution is 0.0696. The summed E-state index contributed by atoms with van der Waals surface area (Å²) in [6.45, 7) is 0. The second-order valence-corrected chi connectivity index (χ2v) is 4.67. The predicted molar refractivity (Wildman–Crippen MR) is 68.9 cm³/mol. The molecule has 6 nitrogen and oxygen atoms in total. The molecule has 0 aliphatic carbocycles. The van der Waals surface area contributed by atoms with Crippen LogP contribution in [-0.2, 0) is 6.42 Å². The maximum absolute atomic E-state index is 11.0. The van der Waals surface area contributed by atoms with Crippen LogP contribution >= 0.6 is 0 Å². The van der Waals surface area contributed by atoms with Crippen molar-refractivity contribution in [3.8, 4) is 0 Å². The molecule has 6 heteroatoms. The Hall–Kier alpha value is -2.37. The average Bonchev–Trinajstić information content (AvgIpc) is 2.78. The molecule has 0 radical (unpaired) electrons. The molecule has 1 aromatic heterocycles. The van der Waals surface area contributed by atoms with Crippen LogP contribution in [0.4, 0.5) is 5.95 Å². The largest absolute Gasteiger partial charge is 0.478 e. The number of carbonyl (C=O) groups is 1. The second-order valence-electron chi connectivity index (χ2n) is 4.67. The number of rotatable bonds is 2. The second kappa shape index (κ2) is 4.38. The van der Waals surface area contributed by atoms with Gasteiger partial charge in [0, 0.05) is 6.42 Å². The molecule has 1 aliphatic rings. The van der Waals surface area contributed by atoms with Gasteiger partial charge in [-0.15, -0.1) is 5.10 Å². The van der Waals surface area contributed by atoms with Gasteiger partial charge >= 0.3 is 5.97 Å². The summed E-state index contributed by atoms with van der Waals surface area (Å²) in [5.74, 6) is 0.224. The van der Waals surface area contributed by atoms with Gasteiger partial charge in [-0.25, -0.2) is 9.48 Å². The molecule has 1 unspecified atom stereocenters. The molecule has 0 saturated heterocycles. The monoisotopic (exact) mass is 258 g/mol. The standard InChI is InChI=1S/C13H14N4O2/c14-13-15-11-6-2-5-10(17(11)16-13)8-3-1-4-9(7-8)12(18)19/h1,3-4,7,10H,2,5-6H2,(H2,14,16)(H,18,19). The molecule has 3 N–H and O–H groups in total. The first-order chi connectivity index (χ1) is 9.15. The molecule has 2 aromatic rings. The number of anilines is 1. The predicted octanol–water partition coefficient (Wildman–Crippen LogP) is 1.48. The quantitative estimate of drug-likeness (QED) is 0.851. The van der Waals surface area contributed by atoms with Crippen LogP contribution in [0.1, 0.15) is 40.6 Å². The highest BCUT2D eigenvalue weighted by molar-refractivity contribution is 5.87. The van der Waals surface area contributed by atoms with Crippen LogP contribution in [0.5, 0.6) is 0 Å². The van der Waals surface area contributed by atoms with Gasteiger partial charge in [0.2, 0.25) is 5.95 Å². The van der Waals surface area contributed by atoms with Gasteiger partial charge in [0.05, 0.1) is 11.6 Å². The fraction of sp³-hybridized carbons (Fsp3) is 0.308. The molecule has 0 bridgehead atoms. The van der Waals surface area contributed by atoms with Gasteiger partial charge in [-0.05, 0) is 30.5 Å². The third-order valence-corrected chi connectivity index (χ3v) is 3.41. The van der Waals surface area contributed by atoms with E-state index in [1.165, 1.54) is 0 Å². The first kappa shape index (κ1) is 11.7. The number of aryl methyl sites for hydroxylation is 1. The number of nitrogens with two attached hydrogens (primary N) is 1. The van der Waals surface area contributed by atoms with Crippen molar-refractivity contribution >= 4 is 11.9 Å². The van der Waals surface area contributed by atoms with Crippen molar-refractivity contribution < 1.29 is 9.90 Å². The summed E-state index contributed by atoms with van der Waals surface area (Å²) < 4.78 is 1.82. The Balaban J connectivity index is 2.03. The third kappa shape index (κ3) is 2.05. The number of fused-ring (bicyclic) bond motifs is 1. The molecule has 19 heavy (non-hydrogen) atoms. The van der Waals surface area contributed by atoms with Gasteiger partial charge in [0.15, 0.2) is 0 Å². The van der Waals surface area contributed by atoms with Gasteiger partial charge in [0.25, 0.3) is 0 Å². The highest BCUT2D eigenvalue weighted by Crippen LogP contribution is 2.30. The summed E-state index contributed by atoms with van der Waals surface area (Å²) in [5, 5.41) is 13.3. The topological polar surface area (TPSA) is 94.0 Å². The van der Waals surface area contributed by atoms with Crippen molar-refractivity contribution in [2.75, 3.05) is 5.73 Å². The summed E-state index contributed by atoms with van der Waals surface area (Å²) in [6.07, 6.45) is 2.78. The molecule has 3 rings (SSSR count). The summed E-state index contributed by atoms with van der Waals surface area (Å²) in [5.41, 5.74) is 6.87. The molecule has 1 atom stereocenters. The molecule has 0 amide bonds. The van der Waals surface area contributed by atoms with E-state index >= 15 is 0 Å². The number of aromatic carboxylic acids is 1. The minimum Gasteiger partial charge on any atom is -0.478 e. The number of hydrogen-bond acceptors (Lipinski definition) is 4. The fourth-order valence-corrected chi connectivity index (χ4v) is 2.56. The molecule has 0 saturated carbocycles. The molecule has 0 fully saturated rings. The van der Waals surface area contributed by atoms with Crippen LogP contribution in [0.2, 0.25) is 0 Å². The number of benzene rings is 1. The van der Waals surface area contributed by atoms with Crippen molar-refractivity contribution in [3.63, 3.8) is 0 Å². The van der Waals surface area contributed by atoms with Crippen LogP contribution in [-0.4, -0.2) is 25.8 Å². The molecule has 98 valence electrons. The van der Waals surface area contributed by atoms with E-state index in [4.69, 9.17) is 10.8 Å². The van der Waals surface area contributed by atoms with Crippen LogP contribution < -0.4 is 5.73 Å². The normalized spacial score (nSPS) is 18.0. The van der Waals surface area contributed by atoms with E-state index in [1.807, 2.05) is 10.7 Å². The highest BCUT2D eigenvalue weighted by Gasteiger charge is 2.24. The van der Waals surface area contributed by atoms with Gasteiger partial charge < -0.3 is 10.8 Å². The number of aromatic nitrogens is 3. The first-order valence-corrected chi connectivity index (χ1v) is 6.19. The van der Waals surface area contributed by atoms with Crippen molar-refractivity contribution in [3.05, 3.63) is 41.2 Å². The Morgan fingerprint density at radius 1 is 1.47 bits per heavy atom. The lowest BCUT2D eigenvalue weighted by atomic mass is 9.96. The zero-order chi connectivity index (χ0) is 13.4. The molecule has 0 spiro atoms. The Kier molecular flexibility index (Phi) is 2.70. The zero-order valence-electron chi connectivity index (χ0n) is 10.3. The van der Waals surface area contributed by atoms with Crippen LogP contribution in [0, 0.1) is 0 Å². The van der Waals surface area contributed by atoms with Crippen LogP contribution in [0.25, 0.3) is 0 Å². The SMILES string of the molecule is Nc1nc2n(n1)C(c1cccc(C(=O)O)c1)CCC2. The zero-order valence-corrected chi connectivity index (χ0v) is 10.3. The van der Waals surface area contributed by atoms with Crippen LogP contribution in [0.3, 0.4) is 0 Å². The van der Waals surface area contributed by atoms with Crippen molar-refractivity contribution in [2.24, 2.45) is 0 Å². The summed E-state index contributed by atoms with van der Waals surface area (Å²) in [7, 11) is 0. The number of carboxylic acids is 1. The number of nitrogen functional groups attached to an aromatic ring is 1. The lowest BCUT2D eigenvalue weighted by Gasteiger charge is -2.23. The first-order valence-electron chi connectivity index (χ1n) is 6.19. The number of nitrogens with zero attached hydrogens (tertiary/aromatic N) is 3. The van der Waals surface area contributed by atoms with Crippen molar-refractivity contribution in [2.45, 2.75) is 25.3 Å². The van der Waals surface area contributed by atoms with Gasteiger partial charge in [-0.3, -0.25) is 0 Å². The Labute approximate surface area is 109 Å². The molecule has 2 heterocycles. The van der Waals surface area contributed by atoms with E-state index in [0.29, 0.717) is 0 Å². The Bertz CT molecular complexity index is 635. The van der Waals surface area contributed by atoms with Gasteiger partial charge in [-0.1, -0.05) is 12.1 Å². The van der Waals surface area contributed by atoms with Gasteiger partial charge in [0.1, 0.15) is 5.82 Å². The van der Waals surface area contributed by atoms with Crippen LogP contribution in [0.15, 0.2) is 24.3 Å². The Morgan fingerprint density at radius 2 is 2.32 bits per heavy atom.